The van der Waals surface area contributed by atoms with E-state index in [0.717, 1.165) is 29.7 Å². The third-order valence-corrected chi connectivity index (χ3v) is 6.42. The zero-order valence-corrected chi connectivity index (χ0v) is 11.0. The lowest BCUT2D eigenvalue weighted by Crippen LogP contribution is -2.49. The lowest BCUT2D eigenvalue weighted by atomic mass is 9.94. The van der Waals surface area contributed by atoms with Crippen molar-refractivity contribution in [3.63, 3.8) is 0 Å². The van der Waals surface area contributed by atoms with Crippen molar-refractivity contribution in [1.82, 2.24) is 10.6 Å². The van der Waals surface area contributed by atoms with Crippen LogP contribution in [0.4, 0.5) is 0 Å². The highest BCUT2D eigenvalue weighted by Gasteiger charge is 2.64. The van der Waals surface area contributed by atoms with E-state index in [2.05, 4.69) is 17.6 Å². The maximum Gasteiger partial charge on any atom is 0.0304 e. The molecule has 4 fully saturated rings. The molecule has 1 aliphatic heterocycles. The van der Waals surface area contributed by atoms with Gasteiger partial charge in [-0.3, -0.25) is 0 Å². The predicted molar refractivity (Wildman–Crippen MR) is 69.9 cm³/mol. The molecule has 17 heavy (non-hydrogen) atoms. The van der Waals surface area contributed by atoms with Crippen molar-refractivity contribution in [3.05, 3.63) is 0 Å². The first-order valence-corrected chi connectivity index (χ1v) is 7.81. The Bertz CT molecular complexity index is 292. The van der Waals surface area contributed by atoms with Crippen molar-refractivity contribution in [2.45, 2.75) is 57.0 Å². The minimum atomic E-state index is 0.440. The molecular weight excluding hydrogens is 208 g/mol. The van der Waals surface area contributed by atoms with Gasteiger partial charge in [-0.25, -0.2) is 0 Å². The van der Waals surface area contributed by atoms with E-state index in [-0.39, 0.29) is 0 Å². The molecule has 4 aliphatic rings. The van der Waals surface area contributed by atoms with Crippen molar-refractivity contribution in [2.75, 3.05) is 13.1 Å². The monoisotopic (exact) mass is 234 g/mol. The van der Waals surface area contributed by atoms with Gasteiger partial charge in [0, 0.05) is 18.1 Å². The molecule has 4 rings (SSSR count). The van der Waals surface area contributed by atoms with Crippen LogP contribution in [0.3, 0.4) is 0 Å². The molecule has 0 aromatic heterocycles. The fourth-order valence-electron chi connectivity index (χ4n) is 5.36. The van der Waals surface area contributed by atoms with Gasteiger partial charge >= 0.3 is 0 Å². The van der Waals surface area contributed by atoms with E-state index in [4.69, 9.17) is 0 Å². The summed E-state index contributed by atoms with van der Waals surface area (Å²) in [5.41, 5.74) is 0.440. The highest BCUT2D eigenvalue weighted by Crippen LogP contribution is 2.65. The summed E-state index contributed by atoms with van der Waals surface area (Å²) in [7, 11) is 0. The Balaban J connectivity index is 1.35. The Morgan fingerprint density at radius 1 is 1.24 bits per heavy atom. The number of hydrogen-bond donors (Lipinski definition) is 2. The molecule has 0 amide bonds. The molecule has 2 heteroatoms. The summed E-state index contributed by atoms with van der Waals surface area (Å²) in [5, 5.41) is 7.67. The van der Waals surface area contributed by atoms with Crippen molar-refractivity contribution >= 4 is 0 Å². The average Bonchev–Trinajstić information content (AvgIpc) is 2.82. The highest BCUT2D eigenvalue weighted by molar-refractivity contribution is 5.17. The number of hydrogen-bond acceptors (Lipinski definition) is 2. The van der Waals surface area contributed by atoms with E-state index in [1.807, 2.05) is 0 Å². The summed E-state index contributed by atoms with van der Waals surface area (Å²) in [6, 6.07) is 0.909. The Hall–Kier alpha value is -0.0800. The van der Waals surface area contributed by atoms with Gasteiger partial charge in [-0.15, -0.1) is 0 Å². The van der Waals surface area contributed by atoms with Crippen LogP contribution in [0.25, 0.3) is 0 Å². The first-order chi connectivity index (χ1) is 8.33. The Morgan fingerprint density at radius 2 is 2.00 bits per heavy atom. The van der Waals surface area contributed by atoms with Crippen LogP contribution < -0.4 is 10.6 Å². The second-order valence-corrected chi connectivity index (χ2v) is 7.06. The molecule has 0 spiro atoms. The standard InChI is InChI=1S/C15H26N2/c1-2-15(6-3-7-17-15)9-16-14-12-10-4-5-11(8-10)13(12)14/h10-14,16-17H,2-9H2,1H3. The zero-order valence-electron chi connectivity index (χ0n) is 11.0. The van der Waals surface area contributed by atoms with Crippen LogP contribution >= 0.6 is 0 Å². The van der Waals surface area contributed by atoms with Crippen molar-refractivity contribution in [2.24, 2.45) is 23.7 Å². The molecule has 0 aromatic rings. The lowest BCUT2D eigenvalue weighted by Gasteiger charge is -2.29. The van der Waals surface area contributed by atoms with Gasteiger partial charge in [-0.1, -0.05) is 6.92 Å². The second kappa shape index (κ2) is 3.71. The molecular formula is C15H26N2. The van der Waals surface area contributed by atoms with Gasteiger partial charge in [-0.05, 0) is 68.7 Å². The molecule has 5 unspecified atom stereocenters. The minimum Gasteiger partial charge on any atom is -0.312 e. The summed E-state index contributed by atoms with van der Waals surface area (Å²) >= 11 is 0. The van der Waals surface area contributed by atoms with E-state index >= 15 is 0 Å². The van der Waals surface area contributed by atoms with Crippen molar-refractivity contribution in [3.8, 4) is 0 Å². The smallest absolute Gasteiger partial charge is 0.0304 e. The van der Waals surface area contributed by atoms with Crippen LogP contribution in [0.15, 0.2) is 0 Å². The topological polar surface area (TPSA) is 24.1 Å². The average molecular weight is 234 g/mol. The van der Waals surface area contributed by atoms with Gasteiger partial charge in [0.2, 0.25) is 0 Å². The van der Waals surface area contributed by atoms with Crippen LogP contribution in [-0.4, -0.2) is 24.7 Å². The van der Waals surface area contributed by atoms with Crippen LogP contribution in [0.2, 0.25) is 0 Å². The van der Waals surface area contributed by atoms with Gasteiger partial charge in [-0.2, -0.15) is 0 Å². The molecule has 1 saturated heterocycles. The quantitative estimate of drug-likeness (QED) is 0.779. The molecule has 96 valence electrons. The van der Waals surface area contributed by atoms with E-state index in [0.29, 0.717) is 5.54 Å². The summed E-state index contributed by atoms with van der Waals surface area (Å²) < 4.78 is 0. The summed E-state index contributed by atoms with van der Waals surface area (Å²) in [6.07, 6.45) is 8.70. The van der Waals surface area contributed by atoms with Crippen LogP contribution in [0.5, 0.6) is 0 Å². The third kappa shape index (κ3) is 1.53. The lowest BCUT2D eigenvalue weighted by molar-refractivity contribution is 0.325. The van der Waals surface area contributed by atoms with Crippen molar-refractivity contribution < 1.29 is 0 Å². The first-order valence-electron chi connectivity index (χ1n) is 7.81. The Labute approximate surface area is 105 Å². The van der Waals surface area contributed by atoms with Crippen molar-refractivity contribution in [1.29, 1.82) is 0 Å². The van der Waals surface area contributed by atoms with Crippen LogP contribution in [-0.2, 0) is 0 Å². The second-order valence-electron chi connectivity index (χ2n) is 7.06. The van der Waals surface area contributed by atoms with E-state index < -0.39 is 0 Å². The molecule has 2 bridgehead atoms. The van der Waals surface area contributed by atoms with Gasteiger partial charge in [0.15, 0.2) is 0 Å². The third-order valence-electron chi connectivity index (χ3n) is 6.42. The van der Waals surface area contributed by atoms with Gasteiger partial charge in [0.05, 0.1) is 0 Å². The minimum absolute atomic E-state index is 0.440. The maximum atomic E-state index is 3.93. The molecule has 2 N–H and O–H groups in total. The highest BCUT2D eigenvalue weighted by atomic mass is 15.1. The van der Waals surface area contributed by atoms with Crippen LogP contribution in [0.1, 0.15) is 45.4 Å². The number of fused-ring (bicyclic) bond motifs is 5. The molecule has 3 aliphatic carbocycles. The molecule has 2 nitrogen and oxygen atoms in total. The molecule has 0 aromatic carbocycles. The fourth-order valence-corrected chi connectivity index (χ4v) is 5.36. The van der Waals surface area contributed by atoms with Gasteiger partial charge in [0.25, 0.3) is 0 Å². The summed E-state index contributed by atoms with van der Waals surface area (Å²) in [6.45, 7) is 4.80. The fraction of sp³-hybridized carbons (Fsp3) is 1.00. The van der Waals surface area contributed by atoms with E-state index in [1.165, 1.54) is 32.4 Å². The maximum absolute atomic E-state index is 3.93. The summed E-state index contributed by atoms with van der Waals surface area (Å²) in [5.74, 6) is 4.39. The van der Waals surface area contributed by atoms with E-state index in [1.54, 1.807) is 19.3 Å². The molecule has 1 heterocycles. The SMILES string of the molecule is CCC1(CNC2C3C4CCC(C4)C23)CCCN1. The molecule has 0 radical (unpaired) electrons. The van der Waals surface area contributed by atoms with E-state index in [9.17, 15) is 0 Å². The first kappa shape index (κ1) is 10.8. The normalized spacial score (nSPS) is 55.2. The zero-order chi connectivity index (χ0) is 11.5. The molecule has 5 atom stereocenters. The largest absolute Gasteiger partial charge is 0.312 e. The molecule has 3 saturated carbocycles. The Kier molecular flexibility index (Phi) is 2.36. The van der Waals surface area contributed by atoms with Gasteiger partial charge < -0.3 is 10.6 Å². The summed E-state index contributed by atoms with van der Waals surface area (Å²) in [4.78, 5) is 0. The number of nitrogens with one attached hydrogen (secondary N) is 2. The predicted octanol–water partition coefficient (Wildman–Crippen LogP) is 2.15. The Morgan fingerprint density at radius 3 is 2.59 bits per heavy atom. The number of rotatable bonds is 4. The van der Waals surface area contributed by atoms with Gasteiger partial charge in [0.1, 0.15) is 0 Å². The van der Waals surface area contributed by atoms with Crippen LogP contribution in [0, 0.1) is 23.7 Å².